The van der Waals surface area contributed by atoms with E-state index in [4.69, 9.17) is 0 Å². The molecular formula is C13H14N2O4. The van der Waals surface area contributed by atoms with E-state index in [2.05, 4.69) is 0 Å². The molecule has 0 radical (unpaired) electrons. The quantitative estimate of drug-likeness (QED) is 0.600. The number of aryl methyl sites for hydroxylation is 1. The highest BCUT2D eigenvalue weighted by Gasteiger charge is 2.29. The third-order valence-corrected chi connectivity index (χ3v) is 3.20. The number of hydrogen-bond acceptors (Lipinski definition) is 4. The average molecular weight is 262 g/mol. The topological polar surface area (TPSA) is 80.5 Å². The Bertz CT molecular complexity index is 554. The van der Waals surface area contributed by atoms with Crippen LogP contribution in [0.4, 0.5) is 5.69 Å². The number of Topliss-reactive ketones (excluding diaryl/α,β-unsaturated/α-hetero) is 1. The van der Waals surface area contributed by atoms with Crippen molar-refractivity contribution in [3.8, 4) is 0 Å². The van der Waals surface area contributed by atoms with Gasteiger partial charge in [0.2, 0.25) is 0 Å². The molecule has 1 aromatic carbocycles. The fourth-order valence-electron chi connectivity index (χ4n) is 2.25. The summed E-state index contributed by atoms with van der Waals surface area (Å²) in [7, 11) is 0. The Morgan fingerprint density at radius 2 is 2.16 bits per heavy atom. The Labute approximate surface area is 110 Å². The lowest BCUT2D eigenvalue weighted by molar-refractivity contribution is -0.385. The maximum atomic E-state index is 12.4. The molecule has 0 aromatic heterocycles. The monoisotopic (exact) mass is 262 g/mol. The second-order valence-electron chi connectivity index (χ2n) is 4.60. The zero-order chi connectivity index (χ0) is 14.0. The lowest BCUT2D eigenvalue weighted by atomic mass is 10.0. The highest BCUT2D eigenvalue weighted by Crippen LogP contribution is 2.24. The van der Waals surface area contributed by atoms with E-state index >= 15 is 0 Å². The molecule has 0 bridgehead atoms. The van der Waals surface area contributed by atoms with Crippen molar-refractivity contribution in [1.29, 1.82) is 0 Å². The van der Waals surface area contributed by atoms with Gasteiger partial charge in [0.15, 0.2) is 5.78 Å². The summed E-state index contributed by atoms with van der Waals surface area (Å²) in [5.74, 6) is -0.436. The van der Waals surface area contributed by atoms with Crippen LogP contribution in [0.2, 0.25) is 0 Å². The fraction of sp³-hybridized carbons (Fsp3) is 0.385. The summed E-state index contributed by atoms with van der Waals surface area (Å²) < 4.78 is 0. The Kier molecular flexibility index (Phi) is 3.59. The zero-order valence-corrected chi connectivity index (χ0v) is 10.6. The molecule has 1 aliphatic rings. The van der Waals surface area contributed by atoms with Crippen molar-refractivity contribution in [2.24, 2.45) is 0 Å². The number of likely N-dealkylation sites (tertiary alicyclic amines) is 1. The first-order valence-corrected chi connectivity index (χ1v) is 6.05. The highest BCUT2D eigenvalue weighted by atomic mass is 16.6. The molecule has 1 aromatic rings. The van der Waals surface area contributed by atoms with Crippen LogP contribution in [-0.4, -0.2) is 34.6 Å². The van der Waals surface area contributed by atoms with Crippen molar-refractivity contribution in [2.45, 2.75) is 19.8 Å². The molecule has 6 nitrogen and oxygen atoms in total. The van der Waals surface area contributed by atoms with E-state index in [-0.39, 0.29) is 23.6 Å². The minimum atomic E-state index is -0.563. The predicted octanol–water partition coefficient (Wildman–Crippen LogP) is 1.71. The van der Waals surface area contributed by atoms with Gasteiger partial charge in [-0.1, -0.05) is 12.1 Å². The molecule has 1 fully saturated rings. The zero-order valence-electron chi connectivity index (χ0n) is 10.6. The van der Waals surface area contributed by atoms with Crippen molar-refractivity contribution >= 4 is 17.4 Å². The first-order valence-electron chi connectivity index (χ1n) is 6.05. The SMILES string of the molecule is Cc1cccc([N+](=O)[O-])c1C(=O)N1CCCC(=O)C1. The Morgan fingerprint density at radius 1 is 1.42 bits per heavy atom. The number of nitrogens with zero attached hydrogens (tertiary/aromatic N) is 2. The maximum Gasteiger partial charge on any atom is 0.282 e. The van der Waals surface area contributed by atoms with Gasteiger partial charge in [-0.25, -0.2) is 0 Å². The smallest absolute Gasteiger partial charge is 0.282 e. The largest absolute Gasteiger partial charge is 0.331 e. The van der Waals surface area contributed by atoms with Gasteiger partial charge in [-0.05, 0) is 18.9 Å². The van der Waals surface area contributed by atoms with Crippen molar-refractivity contribution in [3.05, 3.63) is 39.4 Å². The molecule has 0 saturated carbocycles. The van der Waals surface area contributed by atoms with Crippen LogP contribution in [0.3, 0.4) is 0 Å². The summed E-state index contributed by atoms with van der Waals surface area (Å²) >= 11 is 0. The van der Waals surface area contributed by atoms with Crippen LogP contribution < -0.4 is 0 Å². The molecule has 1 heterocycles. The Balaban J connectivity index is 2.38. The maximum absolute atomic E-state index is 12.4. The van der Waals surface area contributed by atoms with E-state index in [1.165, 1.54) is 11.0 Å². The van der Waals surface area contributed by atoms with Crippen LogP contribution in [0.15, 0.2) is 18.2 Å². The van der Waals surface area contributed by atoms with E-state index in [0.29, 0.717) is 24.9 Å². The van der Waals surface area contributed by atoms with Gasteiger partial charge in [0.05, 0.1) is 11.5 Å². The van der Waals surface area contributed by atoms with Crippen molar-refractivity contribution < 1.29 is 14.5 Å². The van der Waals surface area contributed by atoms with Crippen LogP contribution in [0.1, 0.15) is 28.8 Å². The van der Waals surface area contributed by atoms with Gasteiger partial charge in [0.25, 0.3) is 11.6 Å². The minimum absolute atomic E-state index is 0.00385. The van der Waals surface area contributed by atoms with Gasteiger partial charge in [-0.2, -0.15) is 0 Å². The summed E-state index contributed by atoms with van der Waals surface area (Å²) in [4.78, 5) is 35.6. The number of amides is 1. The molecule has 0 aliphatic carbocycles. The number of carbonyl (C=O) groups is 2. The molecule has 0 unspecified atom stereocenters. The van der Waals surface area contributed by atoms with E-state index < -0.39 is 10.8 Å². The minimum Gasteiger partial charge on any atom is -0.331 e. The number of rotatable bonds is 2. The third kappa shape index (κ3) is 2.62. The highest BCUT2D eigenvalue weighted by molar-refractivity contribution is 6.01. The number of ketones is 1. The normalized spacial score (nSPS) is 15.4. The van der Waals surface area contributed by atoms with Crippen LogP contribution in [-0.2, 0) is 4.79 Å². The van der Waals surface area contributed by atoms with Gasteiger partial charge >= 0.3 is 0 Å². The number of hydrogen-bond donors (Lipinski definition) is 0. The standard InChI is InChI=1S/C13H14N2O4/c1-9-4-2-6-11(15(18)19)12(9)13(17)14-7-3-5-10(16)8-14/h2,4,6H,3,5,7-8H2,1H3. The average Bonchev–Trinajstić information content (AvgIpc) is 2.37. The molecule has 1 amide bonds. The van der Waals surface area contributed by atoms with Crippen molar-refractivity contribution in [1.82, 2.24) is 4.90 Å². The van der Waals surface area contributed by atoms with Crippen LogP contribution >= 0.6 is 0 Å². The molecule has 1 saturated heterocycles. The Hall–Kier alpha value is -2.24. The van der Waals surface area contributed by atoms with E-state index in [1.54, 1.807) is 19.1 Å². The van der Waals surface area contributed by atoms with Gasteiger partial charge in [0.1, 0.15) is 5.56 Å². The van der Waals surface area contributed by atoms with Gasteiger partial charge in [-0.15, -0.1) is 0 Å². The second kappa shape index (κ2) is 5.17. The summed E-state index contributed by atoms with van der Waals surface area (Å²) in [5, 5.41) is 11.0. The van der Waals surface area contributed by atoms with E-state index in [0.717, 1.165) is 0 Å². The third-order valence-electron chi connectivity index (χ3n) is 3.20. The first-order chi connectivity index (χ1) is 9.00. The van der Waals surface area contributed by atoms with E-state index in [1.807, 2.05) is 0 Å². The van der Waals surface area contributed by atoms with Gasteiger partial charge in [0, 0.05) is 19.0 Å². The number of piperidine rings is 1. The summed E-state index contributed by atoms with van der Waals surface area (Å²) in [6.07, 6.45) is 1.09. The second-order valence-corrected chi connectivity index (χ2v) is 4.60. The first kappa shape index (κ1) is 13.2. The lowest BCUT2D eigenvalue weighted by Gasteiger charge is -2.26. The predicted molar refractivity (Wildman–Crippen MR) is 68.0 cm³/mol. The molecule has 6 heteroatoms. The van der Waals surface area contributed by atoms with Crippen LogP contribution in [0.25, 0.3) is 0 Å². The fourth-order valence-corrected chi connectivity index (χ4v) is 2.25. The molecule has 0 N–H and O–H groups in total. The summed E-state index contributed by atoms with van der Waals surface area (Å²) in [6.45, 7) is 2.17. The molecule has 100 valence electrons. The van der Waals surface area contributed by atoms with Crippen LogP contribution in [0, 0.1) is 17.0 Å². The molecule has 0 atom stereocenters. The van der Waals surface area contributed by atoms with Crippen molar-refractivity contribution in [2.75, 3.05) is 13.1 Å². The van der Waals surface area contributed by atoms with E-state index in [9.17, 15) is 19.7 Å². The summed E-state index contributed by atoms with van der Waals surface area (Å²) in [6, 6.07) is 4.52. The summed E-state index contributed by atoms with van der Waals surface area (Å²) in [5.41, 5.74) is 0.433. The molecular weight excluding hydrogens is 248 g/mol. The molecule has 0 spiro atoms. The number of benzene rings is 1. The van der Waals surface area contributed by atoms with Gasteiger partial charge in [-0.3, -0.25) is 19.7 Å². The number of nitro groups is 1. The van der Waals surface area contributed by atoms with Crippen molar-refractivity contribution in [3.63, 3.8) is 0 Å². The van der Waals surface area contributed by atoms with Gasteiger partial charge < -0.3 is 4.90 Å². The molecule has 19 heavy (non-hydrogen) atoms. The Morgan fingerprint density at radius 3 is 2.79 bits per heavy atom. The lowest BCUT2D eigenvalue weighted by Crippen LogP contribution is -2.40. The number of carbonyl (C=O) groups excluding carboxylic acids is 2. The molecule has 1 aliphatic heterocycles. The number of nitro benzene ring substituents is 1. The van der Waals surface area contributed by atoms with Crippen LogP contribution in [0.5, 0.6) is 0 Å². The molecule has 2 rings (SSSR count).